The van der Waals surface area contributed by atoms with Crippen LogP contribution in [0.25, 0.3) is 0 Å². The van der Waals surface area contributed by atoms with Gasteiger partial charge in [-0.05, 0) is 25.1 Å². The molecule has 1 aliphatic heterocycles. The molecule has 0 spiro atoms. The van der Waals surface area contributed by atoms with Gasteiger partial charge in [0.1, 0.15) is 11.9 Å². The molecule has 0 atom stereocenters. The maximum atomic E-state index is 12.4. The molecule has 3 heterocycles. The van der Waals surface area contributed by atoms with Gasteiger partial charge in [0.2, 0.25) is 0 Å². The van der Waals surface area contributed by atoms with Gasteiger partial charge in [-0.2, -0.15) is 5.26 Å². The van der Waals surface area contributed by atoms with Gasteiger partial charge in [0.25, 0.3) is 5.91 Å². The highest BCUT2D eigenvalue weighted by molar-refractivity contribution is 5.93. The Balaban J connectivity index is 1.69. The van der Waals surface area contributed by atoms with Crippen LogP contribution < -0.4 is 4.90 Å². The van der Waals surface area contributed by atoms with Crippen molar-refractivity contribution in [3.63, 3.8) is 0 Å². The Morgan fingerprint density at radius 1 is 1.32 bits per heavy atom. The lowest BCUT2D eigenvalue weighted by Crippen LogP contribution is -2.49. The van der Waals surface area contributed by atoms with E-state index in [0.29, 0.717) is 43.3 Å². The molecule has 2 aromatic heterocycles. The number of hydrogen-bond acceptors (Lipinski definition) is 5. The monoisotopic (exact) mass is 296 g/mol. The van der Waals surface area contributed by atoms with E-state index >= 15 is 0 Å². The molecular weight excluding hydrogens is 280 g/mol. The quantitative estimate of drug-likeness (QED) is 0.845. The number of carbonyl (C=O) groups excluding carboxylic acids is 1. The Bertz CT molecular complexity index is 724. The molecule has 22 heavy (non-hydrogen) atoms. The average Bonchev–Trinajstić information content (AvgIpc) is 3.00. The second-order valence-electron chi connectivity index (χ2n) is 5.20. The first kappa shape index (κ1) is 14.1. The van der Waals surface area contributed by atoms with Gasteiger partial charge >= 0.3 is 0 Å². The van der Waals surface area contributed by atoms with Gasteiger partial charge in [-0.1, -0.05) is 0 Å². The van der Waals surface area contributed by atoms with Crippen LogP contribution in [0.1, 0.15) is 21.7 Å². The minimum absolute atomic E-state index is 0.0799. The average molecular weight is 296 g/mol. The van der Waals surface area contributed by atoms with Crippen LogP contribution in [0.2, 0.25) is 0 Å². The molecule has 6 nitrogen and oxygen atoms in total. The van der Waals surface area contributed by atoms with Crippen molar-refractivity contribution in [2.24, 2.45) is 0 Å². The molecule has 112 valence electrons. The first-order chi connectivity index (χ1) is 10.7. The Morgan fingerprint density at radius 2 is 2.09 bits per heavy atom. The SMILES string of the molecule is Cc1ccoc1C(=O)N1CCN(c2ncccc2C#N)CC1. The standard InChI is InChI=1S/C16H16N4O2/c1-12-4-10-22-14(12)16(21)20-8-6-19(7-9-20)15-13(11-17)3-2-5-18-15/h2-5,10H,6-9H2,1H3. The van der Waals surface area contributed by atoms with Gasteiger partial charge in [0.15, 0.2) is 5.76 Å². The summed E-state index contributed by atoms with van der Waals surface area (Å²) < 4.78 is 5.27. The van der Waals surface area contributed by atoms with Crippen LogP contribution in [0, 0.1) is 18.3 Å². The molecule has 0 N–H and O–H groups in total. The van der Waals surface area contributed by atoms with Crippen molar-refractivity contribution >= 4 is 11.7 Å². The van der Waals surface area contributed by atoms with Gasteiger partial charge in [-0.25, -0.2) is 4.98 Å². The summed E-state index contributed by atoms with van der Waals surface area (Å²) in [5, 5.41) is 9.15. The molecule has 0 radical (unpaired) electrons. The zero-order valence-electron chi connectivity index (χ0n) is 12.3. The number of amides is 1. The Labute approximate surface area is 128 Å². The van der Waals surface area contributed by atoms with Crippen molar-refractivity contribution in [2.45, 2.75) is 6.92 Å². The zero-order valence-corrected chi connectivity index (χ0v) is 12.3. The first-order valence-corrected chi connectivity index (χ1v) is 7.14. The highest BCUT2D eigenvalue weighted by atomic mass is 16.3. The van der Waals surface area contributed by atoms with Crippen molar-refractivity contribution < 1.29 is 9.21 Å². The number of pyridine rings is 1. The second kappa shape index (κ2) is 5.90. The lowest BCUT2D eigenvalue weighted by molar-refractivity contribution is 0.0713. The third-order valence-corrected chi connectivity index (χ3v) is 3.83. The largest absolute Gasteiger partial charge is 0.459 e. The number of nitriles is 1. The highest BCUT2D eigenvalue weighted by Crippen LogP contribution is 2.19. The molecule has 1 aliphatic rings. The van der Waals surface area contributed by atoms with E-state index in [2.05, 4.69) is 11.1 Å². The molecule has 2 aromatic rings. The van der Waals surface area contributed by atoms with Crippen LogP contribution in [-0.2, 0) is 0 Å². The molecule has 1 amide bonds. The number of nitrogens with zero attached hydrogens (tertiary/aromatic N) is 4. The van der Waals surface area contributed by atoms with Gasteiger partial charge in [-0.15, -0.1) is 0 Å². The zero-order chi connectivity index (χ0) is 15.5. The number of anilines is 1. The lowest BCUT2D eigenvalue weighted by atomic mass is 10.2. The summed E-state index contributed by atoms with van der Waals surface area (Å²) in [6.45, 7) is 4.33. The second-order valence-corrected chi connectivity index (χ2v) is 5.20. The van der Waals surface area contributed by atoms with Crippen LogP contribution in [0.4, 0.5) is 5.82 Å². The first-order valence-electron chi connectivity index (χ1n) is 7.14. The maximum absolute atomic E-state index is 12.4. The summed E-state index contributed by atoms with van der Waals surface area (Å²) in [6.07, 6.45) is 3.21. The summed E-state index contributed by atoms with van der Waals surface area (Å²) in [5.41, 5.74) is 1.41. The summed E-state index contributed by atoms with van der Waals surface area (Å²) >= 11 is 0. The third-order valence-electron chi connectivity index (χ3n) is 3.83. The van der Waals surface area contributed by atoms with Crippen molar-refractivity contribution in [2.75, 3.05) is 31.1 Å². The van der Waals surface area contributed by atoms with E-state index in [0.717, 1.165) is 5.56 Å². The van der Waals surface area contributed by atoms with E-state index in [1.54, 1.807) is 29.3 Å². The molecule has 0 aromatic carbocycles. The summed E-state index contributed by atoms with van der Waals surface area (Å²) in [6, 6.07) is 7.45. The van der Waals surface area contributed by atoms with E-state index in [4.69, 9.17) is 9.68 Å². The van der Waals surface area contributed by atoms with E-state index in [9.17, 15) is 4.79 Å². The summed E-state index contributed by atoms with van der Waals surface area (Å²) in [5.74, 6) is 1.01. The number of piperazine rings is 1. The molecule has 0 saturated carbocycles. The summed E-state index contributed by atoms with van der Waals surface area (Å²) in [7, 11) is 0. The number of carbonyl (C=O) groups is 1. The molecule has 6 heteroatoms. The molecular formula is C16H16N4O2. The molecule has 0 aliphatic carbocycles. The normalized spacial score (nSPS) is 14.7. The number of furan rings is 1. The fraction of sp³-hybridized carbons (Fsp3) is 0.312. The fourth-order valence-corrected chi connectivity index (χ4v) is 2.59. The Hall–Kier alpha value is -2.81. The smallest absolute Gasteiger partial charge is 0.289 e. The molecule has 0 unspecified atom stereocenters. The maximum Gasteiger partial charge on any atom is 0.289 e. The van der Waals surface area contributed by atoms with E-state index in [-0.39, 0.29) is 5.91 Å². The predicted molar refractivity (Wildman–Crippen MR) is 80.5 cm³/mol. The van der Waals surface area contributed by atoms with Gasteiger partial charge in [-0.3, -0.25) is 4.79 Å². The highest BCUT2D eigenvalue weighted by Gasteiger charge is 2.26. The Morgan fingerprint density at radius 3 is 2.73 bits per heavy atom. The van der Waals surface area contributed by atoms with Crippen LogP contribution in [0.3, 0.4) is 0 Å². The van der Waals surface area contributed by atoms with Crippen molar-refractivity contribution in [3.05, 3.63) is 47.5 Å². The topological polar surface area (TPSA) is 73.4 Å². The molecule has 0 bridgehead atoms. The predicted octanol–water partition coefficient (Wildman–Crippen LogP) is 1.82. The van der Waals surface area contributed by atoms with Crippen LogP contribution in [0.5, 0.6) is 0 Å². The van der Waals surface area contributed by atoms with Crippen LogP contribution in [0.15, 0.2) is 35.1 Å². The number of aryl methyl sites for hydroxylation is 1. The van der Waals surface area contributed by atoms with E-state index in [1.807, 2.05) is 11.8 Å². The summed E-state index contributed by atoms with van der Waals surface area (Å²) in [4.78, 5) is 20.5. The van der Waals surface area contributed by atoms with Crippen molar-refractivity contribution in [3.8, 4) is 6.07 Å². The minimum Gasteiger partial charge on any atom is -0.459 e. The van der Waals surface area contributed by atoms with Gasteiger partial charge in [0.05, 0.1) is 11.8 Å². The Kier molecular flexibility index (Phi) is 3.79. The van der Waals surface area contributed by atoms with Crippen molar-refractivity contribution in [1.82, 2.24) is 9.88 Å². The number of hydrogen-bond donors (Lipinski definition) is 0. The van der Waals surface area contributed by atoms with Crippen LogP contribution >= 0.6 is 0 Å². The van der Waals surface area contributed by atoms with Gasteiger partial charge in [0, 0.05) is 37.9 Å². The van der Waals surface area contributed by atoms with Crippen molar-refractivity contribution in [1.29, 1.82) is 5.26 Å². The van der Waals surface area contributed by atoms with E-state index in [1.165, 1.54) is 6.26 Å². The molecule has 1 saturated heterocycles. The van der Waals surface area contributed by atoms with E-state index < -0.39 is 0 Å². The fourth-order valence-electron chi connectivity index (χ4n) is 2.59. The van der Waals surface area contributed by atoms with Gasteiger partial charge < -0.3 is 14.2 Å². The minimum atomic E-state index is -0.0799. The molecule has 3 rings (SSSR count). The third kappa shape index (κ3) is 2.53. The number of rotatable bonds is 2. The molecule has 1 fully saturated rings. The number of aromatic nitrogens is 1. The van der Waals surface area contributed by atoms with Crippen LogP contribution in [-0.4, -0.2) is 42.0 Å². The lowest BCUT2D eigenvalue weighted by Gasteiger charge is -2.35.